The van der Waals surface area contributed by atoms with Gasteiger partial charge in [0.25, 0.3) is 11.8 Å². The molecule has 0 aliphatic carbocycles. The topological polar surface area (TPSA) is 92.3 Å². The maximum absolute atomic E-state index is 12.3. The van der Waals surface area contributed by atoms with Gasteiger partial charge in [-0.15, -0.1) is 0 Å². The molecule has 0 saturated carbocycles. The van der Waals surface area contributed by atoms with E-state index < -0.39 is 0 Å². The van der Waals surface area contributed by atoms with Crippen molar-refractivity contribution >= 4 is 23.4 Å². The van der Waals surface area contributed by atoms with Gasteiger partial charge in [-0.1, -0.05) is 44.0 Å². The van der Waals surface area contributed by atoms with Crippen LogP contribution in [0.5, 0.6) is 0 Å². The molecule has 0 heterocycles. The number of unbranched alkanes of at least 4 members (excludes halogenated alkanes) is 4. The van der Waals surface area contributed by atoms with Crippen molar-refractivity contribution in [3.05, 3.63) is 70.8 Å². The molecule has 0 fully saturated rings. The molecule has 6 nitrogen and oxygen atoms in total. The van der Waals surface area contributed by atoms with E-state index in [9.17, 15) is 19.2 Å². The summed E-state index contributed by atoms with van der Waals surface area (Å²) in [6, 6.07) is 14.8. The molecule has 6 heteroatoms. The first-order valence-corrected chi connectivity index (χ1v) is 13.1. The van der Waals surface area contributed by atoms with E-state index in [0.717, 1.165) is 50.5 Å². The first-order chi connectivity index (χ1) is 17.4. The minimum absolute atomic E-state index is 0.166. The van der Waals surface area contributed by atoms with Gasteiger partial charge in [0.05, 0.1) is 0 Å². The molecule has 194 valence electrons. The Bertz CT molecular complexity index is 981. The number of carbonyl (C=O) groups is 4. The van der Waals surface area contributed by atoms with Crippen molar-refractivity contribution < 1.29 is 19.2 Å². The Balaban J connectivity index is 1.57. The zero-order chi connectivity index (χ0) is 26.2. The molecule has 0 saturated heterocycles. The highest BCUT2D eigenvalue weighted by Gasteiger charge is 2.09. The highest BCUT2D eigenvalue weighted by Crippen LogP contribution is 2.09. The molecule has 0 aliphatic heterocycles. The lowest BCUT2D eigenvalue weighted by molar-refractivity contribution is -0.118. The SMILES string of the molecule is CCc1ccc(CC(=O)CCCCCNC(=O)c2ccc(C(=O)NCCCCCC(C)=O)cc2)cc1. The lowest BCUT2D eigenvalue weighted by Gasteiger charge is -2.08. The maximum Gasteiger partial charge on any atom is 0.251 e. The van der Waals surface area contributed by atoms with Crippen LogP contribution in [0.1, 0.15) is 97.1 Å². The van der Waals surface area contributed by atoms with E-state index in [1.807, 2.05) is 12.1 Å². The normalized spacial score (nSPS) is 10.6. The van der Waals surface area contributed by atoms with Gasteiger partial charge in [-0.2, -0.15) is 0 Å². The number of hydrogen-bond acceptors (Lipinski definition) is 4. The number of aryl methyl sites for hydroxylation is 1. The number of hydrogen-bond donors (Lipinski definition) is 2. The van der Waals surface area contributed by atoms with Crippen LogP contribution in [0.4, 0.5) is 0 Å². The summed E-state index contributed by atoms with van der Waals surface area (Å²) in [5.41, 5.74) is 3.37. The van der Waals surface area contributed by atoms with Gasteiger partial charge in [-0.05, 0) is 74.4 Å². The Hall–Kier alpha value is -3.28. The first kappa shape index (κ1) is 29.0. The lowest BCUT2D eigenvalue weighted by Crippen LogP contribution is -2.26. The molecule has 2 N–H and O–H groups in total. The number of Topliss-reactive ketones (excluding diaryl/α,β-unsaturated/α-hetero) is 2. The van der Waals surface area contributed by atoms with E-state index in [4.69, 9.17) is 0 Å². The summed E-state index contributed by atoms with van der Waals surface area (Å²) < 4.78 is 0. The first-order valence-electron chi connectivity index (χ1n) is 13.1. The van der Waals surface area contributed by atoms with Gasteiger partial charge < -0.3 is 15.4 Å². The molecule has 0 radical (unpaired) electrons. The standard InChI is InChI=1S/C30H40N2O4/c1-3-24-12-14-25(15-13-24)22-28(34)11-7-5-9-21-32-30(36)27-18-16-26(17-19-27)29(35)31-20-8-4-6-10-23(2)33/h12-19H,3-11,20-22H2,1-2H3,(H,31,35)(H,32,36). The summed E-state index contributed by atoms with van der Waals surface area (Å²) in [6.07, 6.45) is 7.74. The van der Waals surface area contributed by atoms with E-state index in [0.29, 0.717) is 43.5 Å². The number of rotatable bonds is 17. The average Bonchev–Trinajstić information content (AvgIpc) is 2.88. The van der Waals surface area contributed by atoms with Crippen LogP contribution in [0.3, 0.4) is 0 Å². The van der Waals surface area contributed by atoms with Crippen molar-refractivity contribution in [2.45, 2.75) is 78.1 Å². The third-order valence-electron chi connectivity index (χ3n) is 6.15. The smallest absolute Gasteiger partial charge is 0.251 e. The molecule has 2 amide bonds. The van der Waals surface area contributed by atoms with E-state index >= 15 is 0 Å². The van der Waals surface area contributed by atoms with Gasteiger partial charge in [-0.3, -0.25) is 14.4 Å². The number of carbonyl (C=O) groups excluding carboxylic acids is 4. The predicted octanol–water partition coefficient (Wildman–Crippen LogP) is 5.23. The fraction of sp³-hybridized carbons (Fsp3) is 0.467. The van der Waals surface area contributed by atoms with Gasteiger partial charge in [0.2, 0.25) is 0 Å². The van der Waals surface area contributed by atoms with Crippen LogP contribution in [-0.2, 0) is 22.4 Å². The summed E-state index contributed by atoms with van der Waals surface area (Å²) in [7, 11) is 0. The van der Waals surface area contributed by atoms with Crippen LogP contribution in [0.15, 0.2) is 48.5 Å². The average molecular weight is 493 g/mol. The highest BCUT2D eigenvalue weighted by atomic mass is 16.2. The number of benzene rings is 2. The number of ketones is 2. The minimum Gasteiger partial charge on any atom is -0.352 e. The van der Waals surface area contributed by atoms with Crippen LogP contribution >= 0.6 is 0 Å². The fourth-order valence-electron chi connectivity index (χ4n) is 3.89. The van der Waals surface area contributed by atoms with Crippen LogP contribution in [-0.4, -0.2) is 36.5 Å². The van der Waals surface area contributed by atoms with Crippen LogP contribution in [0, 0.1) is 0 Å². The van der Waals surface area contributed by atoms with E-state index in [1.54, 1.807) is 31.2 Å². The third-order valence-corrected chi connectivity index (χ3v) is 6.15. The van der Waals surface area contributed by atoms with Crippen molar-refractivity contribution in [3.63, 3.8) is 0 Å². The molecule has 0 aliphatic rings. The Morgan fingerprint density at radius 2 is 1.08 bits per heavy atom. The Labute approximate surface area is 215 Å². The van der Waals surface area contributed by atoms with E-state index in [2.05, 4.69) is 29.7 Å². The van der Waals surface area contributed by atoms with Crippen LogP contribution in [0.25, 0.3) is 0 Å². The molecule has 2 aromatic rings. The van der Waals surface area contributed by atoms with Crippen molar-refractivity contribution in [2.75, 3.05) is 13.1 Å². The van der Waals surface area contributed by atoms with Crippen molar-refractivity contribution in [3.8, 4) is 0 Å². The second-order valence-electron chi connectivity index (χ2n) is 9.30. The molecule has 0 bridgehead atoms. The zero-order valence-corrected chi connectivity index (χ0v) is 21.7. The van der Waals surface area contributed by atoms with Gasteiger partial charge in [0, 0.05) is 43.5 Å². The molecule has 2 rings (SSSR count). The van der Waals surface area contributed by atoms with Gasteiger partial charge in [0.1, 0.15) is 11.6 Å². The molecular formula is C30H40N2O4. The summed E-state index contributed by atoms with van der Waals surface area (Å²) in [5.74, 6) is 0.111. The third kappa shape index (κ3) is 11.4. The molecule has 0 atom stereocenters. The van der Waals surface area contributed by atoms with Gasteiger partial charge >= 0.3 is 0 Å². The summed E-state index contributed by atoms with van der Waals surface area (Å²) in [5, 5.41) is 5.77. The minimum atomic E-state index is -0.168. The van der Waals surface area contributed by atoms with Crippen LogP contribution in [0.2, 0.25) is 0 Å². The van der Waals surface area contributed by atoms with Gasteiger partial charge in [0.15, 0.2) is 0 Å². The summed E-state index contributed by atoms with van der Waals surface area (Å²) >= 11 is 0. The maximum atomic E-state index is 12.3. The number of nitrogens with one attached hydrogen (secondary N) is 2. The van der Waals surface area contributed by atoms with Gasteiger partial charge in [-0.25, -0.2) is 0 Å². The monoisotopic (exact) mass is 492 g/mol. The molecular weight excluding hydrogens is 452 g/mol. The zero-order valence-electron chi connectivity index (χ0n) is 21.7. The molecule has 2 aromatic carbocycles. The van der Waals surface area contributed by atoms with Crippen molar-refractivity contribution in [1.82, 2.24) is 10.6 Å². The molecule has 0 spiro atoms. The Morgan fingerprint density at radius 1 is 0.611 bits per heavy atom. The van der Waals surface area contributed by atoms with E-state index in [1.165, 1.54) is 5.56 Å². The molecule has 0 aromatic heterocycles. The number of amides is 2. The van der Waals surface area contributed by atoms with Crippen molar-refractivity contribution in [2.24, 2.45) is 0 Å². The Kier molecular flexibility index (Phi) is 13.2. The summed E-state index contributed by atoms with van der Waals surface area (Å²) in [6.45, 7) is 4.82. The Morgan fingerprint density at radius 3 is 1.56 bits per heavy atom. The van der Waals surface area contributed by atoms with Crippen molar-refractivity contribution in [1.29, 1.82) is 0 Å². The summed E-state index contributed by atoms with van der Waals surface area (Å²) in [4.78, 5) is 47.7. The second-order valence-corrected chi connectivity index (χ2v) is 9.30. The van der Waals surface area contributed by atoms with Crippen LogP contribution < -0.4 is 10.6 Å². The largest absolute Gasteiger partial charge is 0.352 e. The molecule has 36 heavy (non-hydrogen) atoms. The van der Waals surface area contributed by atoms with E-state index in [-0.39, 0.29) is 23.4 Å². The second kappa shape index (κ2) is 16.4. The fourth-order valence-corrected chi connectivity index (χ4v) is 3.89. The lowest BCUT2D eigenvalue weighted by atomic mass is 10.0. The quantitative estimate of drug-likeness (QED) is 0.296. The highest BCUT2D eigenvalue weighted by molar-refractivity contribution is 5.97. The molecule has 0 unspecified atom stereocenters. The predicted molar refractivity (Wildman–Crippen MR) is 143 cm³/mol.